The molecule has 1 aromatic carbocycles. The molecule has 2 N–H and O–H groups in total. The first-order valence-electron chi connectivity index (χ1n) is 6.33. The summed E-state index contributed by atoms with van der Waals surface area (Å²) in [6, 6.07) is 4.43. The summed E-state index contributed by atoms with van der Waals surface area (Å²) in [7, 11) is 0. The van der Waals surface area contributed by atoms with Crippen LogP contribution in [0.2, 0.25) is 0 Å². The van der Waals surface area contributed by atoms with Gasteiger partial charge in [-0.3, -0.25) is 14.9 Å². The fraction of sp³-hybridized carbons (Fsp3) is 0.385. The molecular weight excluding hydrogens is 280 g/mol. The van der Waals surface area contributed by atoms with Crippen molar-refractivity contribution >= 4 is 17.6 Å². The first-order valence-corrected chi connectivity index (χ1v) is 6.33. The molecule has 0 spiro atoms. The SMILES string of the molecule is CCCC(NC(=O)COc1cccc([N+](=O)[O-])c1)C(=O)O. The summed E-state index contributed by atoms with van der Waals surface area (Å²) < 4.78 is 5.11. The molecule has 0 aliphatic carbocycles. The van der Waals surface area contributed by atoms with E-state index >= 15 is 0 Å². The molecule has 1 unspecified atom stereocenters. The van der Waals surface area contributed by atoms with Crippen LogP contribution in [-0.4, -0.2) is 34.6 Å². The van der Waals surface area contributed by atoms with Gasteiger partial charge in [-0.25, -0.2) is 4.79 Å². The van der Waals surface area contributed by atoms with Crippen molar-refractivity contribution in [3.63, 3.8) is 0 Å². The number of carboxylic acid groups (broad SMARTS) is 1. The van der Waals surface area contributed by atoms with Crippen molar-refractivity contribution in [2.24, 2.45) is 0 Å². The van der Waals surface area contributed by atoms with Crippen LogP contribution in [0.5, 0.6) is 5.75 Å². The Morgan fingerprint density at radius 2 is 2.19 bits per heavy atom. The van der Waals surface area contributed by atoms with Crippen molar-refractivity contribution in [2.45, 2.75) is 25.8 Å². The number of carbonyl (C=O) groups is 2. The minimum atomic E-state index is -1.11. The summed E-state index contributed by atoms with van der Waals surface area (Å²) in [5, 5.41) is 21.8. The minimum Gasteiger partial charge on any atom is -0.484 e. The highest BCUT2D eigenvalue weighted by molar-refractivity contribution is 5.84. The lowest BCUT2D eigenvalue weighted by molar-refractivity contribution is -0.384. The highest BCUT2D eigenvalue weighted by atomic mass is 16.6. The van der Waals surface area contributed by atoms with E-state index in [9.17, 15) is 19.7 Å². The first kappa shape index (κ1) is 16.4. The van der Waals surface area contributed by atoms with Crippen LogP contribution in [0.4, 0.5) is 5.69 Å². The molecule has 0 bridgehead atoms. The summed E-state index contributed by atoms with van der Waals surface area (Å²) in [6.45, 7) is 1.40. The number of ether oxygens (including phenoxy) is 1. The molecule has 0 radical (unpaired) electrons. The second-order valence-electron chi connectivity index (χ2n) is 4.29. The summed E-state index contributed by atoms with van der Waals surface area (Å²) in [5.41, 5.74) is -0.151. The zero-order chi connectivity index (χ0) is 15.8. The zero-order valence-electron chi connectivity index (χ0n) is 11.4. The van der Waals surface area contributed by atoms with E-state index in [1.54, 1.807) is 0 Å². The topological polar surface area (TPSA) is 119 Å². The molecule has 0 aliphatic rings. The number of non-ortho nitro benzene ring substituents is 1. The molecule has 0 saturated heterocycles. The summed E-state index contributed by atoms with van der Waals surface area (Å²) in [6.07, 6.45) is 0.931. The van der Waals surface area contributed by atoms with Crippen molar-refractivity contribution in [3.8, 4) is 5.75 Å². The predicted octanol–water partition coefficient (Wildman–Crippen LogP) is 1.34. The van der Waals surface area contributed by atoms with Crippen LogP contribution < -0.4 is 10.1 Å². The van der Waals surface area contributed by atoms with E-state index < -0.39 is 29.4 Å². The van der Waals surface area contributed by atoms with Gasteiger partial charge in [-0.15, -0.1) is 0 Å². The van der Waals surface area contributed by atoms with Crippen LogP contribution in [0.25, 0.3) is 0 Å². The fourth-order valence-electron chi connectivity index (χ4n) is 1.62. The molecule has 1 rings (SSSR count). The molecular formula is C13H16N2O6. The smallest absolute Gasteiger partial charge is 0.326 e. The number of carboxylic acids is 1. The maximum Gasteiger partial charge on any atom is 0.326 e. The van der Waals surface area contributed by atoms with E-state index in [-0.39, 0.29) is 11.4 Å². The number of carbonyl (C=O) groups excluding carboxylic acids is 1. The molecule has 1 amide bonds. The third kappa shape index (κ3) is 5.47. The third-order valence-corrected chi connectivity index (χ3v) is 2.61. The van der Waals surface area contributed by atoms with E-state index in [0.29, 0.717) is 12.8 Å². The maximum atomic E-state index is 11.6. The van der Waals surface area contributed by atoms with Gasteiger partial charge in [0, 0.05) is 6.07 Å². The third-order valence-electron chi connectivity index (χ3n) is 2.61. The highest BCUT2D eigenvalue weighted by Crippen LogP contribution is 2.18. The van der Waals surface area contributed by atoms with Crippen molar-refractivity contribution in [2.75, 3.05) is 6.61 Å². The number of amides is 1. The lowest BCUT2D eigenvalue weighted by Gasteiger charge is -2.13. The lowest BCUT2D eigenvalue weighted by atomic mass is 10.2. The monoisotopic (exact) mass is 296 g/mol. The number of hydrogen-bond donors (Lipinski definition) is 2. The molecule has 0 aromatic heterocycles. The lowest BCUT2D eigenvalue weighted by Crippen LogP contribution is -2.42. The van der Waals surface area contributed by atoms with Gasteiger partial charge in [-0.05, 0) is 12.5 Å². The Morgan fingerprint density at radius 1 is 1.48 bits per heavy atom. The number of hydrogen-bond acceptors (Lipinski definition) is 5. The number of benzene rings is 1. The van der Waals surface area contributed by atoms with Crippen LogP contribution in [0.15, 0.2) is 24.3 Å². The van der Waals surface area contributed by atoms with Gasteiger partial charge in [0.05, 0.1) is 11.0 Å². The standard InChI is InChI=1S/C13H16N2O6/c1-2-4-11(13(17)18)14-12(16)8-21-10-6-3-5-9(7-10)15(19)20/h3,5-7,11H,2,4,8H2,1H3,(H,14,16)(H,17,18). The Labute approximate surface area is 120 Å². The highest BCUT2D eigenvalue weighted by Gasteiger charge is 2.19. The first-order chi connectivity index (χ1) is 9.93. The van der Waals surface area contributed by atoms with E-state index in [4.69, 9.17) is 9.84 Å². The zero-order valence-corrected chi connectivity index (χ0v) is 11.4. The average molecular weight is 296 g/mol. The molecule has 0 heterocycles. The minimum absolute atomic E-state index is 0.151. The van der Waals surface area contributed by atoms with Crippen molar-refractivity contribution in [3.05, 3.63) is 34.4 Å². The van der Waals surface area contributed by atoms with Crippen molar-refractivity contribution < 1.29 is 24.4 Å². The van der Waals surface area contributed by atoms with Gasteiger partial charge >= 0.3 is 5.97 Å². The van der Waals surface area contributed by atoms with E-state index in [0.717, 1.165) is 0 Å². The van der Waals surface area contributed by atoms with Gasteiger partial charge in [0.15, 0.2) is 6.61 Å². The number of nitrogens with one attached hydrogen (secondary N) is 1. The summed E-state index contributed by atoms with van der Waals surface area (Å²) >= 11 is 0. The Balaban J connectivity index is 2.54. The second kappa shape index (κ2) is 7.83. The van der Waals surface area contributed by atoms with Crippen molar-refractivity contribution in [1.29, 1.82) is 0 Å². The summed E-state index contributed by atoms with van der Waals surface area (Å²) in [4.78, 5) is 32.5. The fourth-order valence-corrected chi connectivity index (χ4v) is 1.62. The maximum absolute atomic E-state index is 11.6. The van der Waals surface area contributed by atoms with Gasteiger partial charge in [0.1, 0.15) is 11.8 Å². The number of nitro groups is 1. The number of rotatable bonds is 8. The molecule has 8 heteroatoms. The van der Waals surface area contributed by atoms with Crippen LogP contribution in [-0.2, 0) is 9.59 Å². The van der Waals surface area contributed by atoms with Gasteiger partial charge in [-0.2, -0.15) is 0 Å². The molecule has 0 saturated carbocycles. The van der Waals surface area contributed by atoms with Gasteiger partial charge in [-0.1, -0.05) is 19.4 Å². The molecule has 0 fully saturated rings. The van der Waals surface area contributed by atoms with E-state index in [2.05, 4.69) is 5.32 Å². The van der Waals surface area contributed by atoms with Gasteiger partial charge < -0.3 is 15.2 Å². The van der Waals surface area contributed by atoms with Gasteiger partial charge in [0.2, 0.25) is 0 Å². The number of nitrogens with zero attached hydrogens (tertiary/aromatic N) is 1. The van der Waals surface area contributed by atoms with E-state index in [1.165, 1.54) is 24.3 Å². The number of aliphatic carboxylic acids is 1. The Hall–Kier alpha value is -2.64. The second-order valence-corrected chi connectivity index (χ2v) is 4.29. The normalized spacial score (nSPS) is 11.5. The van der Waals surface area contributed by atoms with Crippen LogP contribution in [0.1, 0.15) is 19.8 Å². The Morgan fingerprint density at radius 3 is 2.76 bits per heavy atom. The molecule has 8 nitrogen and oxygen atoms in total. The molecule has 1 atom stereocenters. The largest absolute Gasteiger partial charge is 0.484 e. The van der Waals surface area contributed by atoms with Crippen molar-refractivity contribution in [1.82, 2.24) is 5.32 Å². The molecule has 1 aromatic rings. The molecule has 114 valence electrons. The molecule has 0 aliphatic heterocycles. The van der Waals surface area contributed by atoms with E-state index in [1.807, 2.05) is 6.92 Å². The average Bonchev–Trinajstić information content (AvgIpc) is 2.45. The Bertz CT molecular complexity index is 531. The summed E-state index contributed by atoms with van der Waals surface area (Å²) in [5.74, 6) is -1.54. The predicted molar refractivity (Wildman–Crippen MR) is 73.1 cm³/mol. The van der Waals surface area contributed by atoms with Crippen LogP contribution in [0, 0.1) is 10.1 Å². The molecule has 21 heavy (non-hydrogen) atoms. The Kier molecular flexibility index (Phi) is 6.12. The van der Waals surface area contributed by atoms with Crippen LogP contribution in [0.3, 0.4) is 0 Å². The number of nitro benzene ring substituents is 1. The quantitative estimate of drug-likeness (QED) is 0.552. The van der Waals surface area contributed by atoms with Crippen LogP contribution >= 0.6 is 0 Å². The van der Waals surface area contributed by atoms with Gasteiger partial charge in [0.25, 0.3) is 11.6 Å².